The fourth-order valence-electron chi connectivity index (χ4n) is 3.76. The molecule has 2 atom stereocenters. The normalized spacial score (nSPS) is 28.7. The fourth-order valence-corrected chi connectivity index (χ4v) is 3.76. The standard InChI is InChI=1S/C16H32N2/c1-3-10-17-14(2)16-9-6-11-18(13-16)12-15-7-4-5-8-15/h14-17H,3-13H2,1-2H3. The summed E-state index contributed by atoms with van der Waals surface area (Å²) in [4.78, 5) is 2.76. The van der Waals surface area contributed by atoms with Crippen LogP contribution < -0.4 is 5.32 Å². The first kappa shape index (κ1) is 14.3. The third kappa shape index (κ3) is 4.24. The lowest BCUT2D eigenvalue weighted by molar-refractivity contribution is 0.133. The Kier molecular flexibility index (Phi) is 5.97. The van der Waals surface area contributed by atoms with Gasteiger partial charge in [-0.1, -0.05) is 19.8 Å². The van der Waals surface area contributed by atoms with Gasteiger partial charge in [-0.15, -0.1) is 0 Å². The average Bonchev–Trinajstić information content (AvgIpc) is 2.89. The highest BCUT2D eigenvalue weighted by Crippen LogP contribution is 2.28. The minimum Gasteiger partial charge on any atom is -0.314 e. The van der Waals surface area contributed by atoms with Crippen molar-refractivity contribution in [1.82, 2.24) is 10.2 Å². The minimum atomic E-state index is 0.705. The molecule has 2 rings (SSSR count). The lowest BCUT2D eigenvalue weighted by atomic mass is 9.90. The summed E-state index contributed by atoms with van der Waals surface area (Å²) in [5, 5.41) is 3.69. The molecule has 2 fully saturated rings. The zero-order valence-electron chi connectivity index (χ0n) is 12.5. The van der Waals surface area contributed by atoms with E-state index in [1.165, 1.54) is 71.1 Å². The summed E-state index contributed by atoms with van der Waals surface area (Å²) in [6.07, 6.45) is 10.0. The van der Waals surface area contributed by atoms with E-state index >= 15 is 0 Å². The molecule has 2 heteroatoms. The quantitative estimate of drug-likeness (QED) is 0.780. The zero-order chi connectivity index (χ0) is 12.8. The Labute approximate surface area is 114 Å². The van der Waals surface area contributed by atoms with E-state index in [1.807, 2.05) is 0 Å². The van der Waals surface area contributed by atoms with Crippen LogP contribution in [0.5, 0.6) is 0 Å². The Hall–Kier alpha value is -0.0800. The van der Waals surface area contributed by atoms with Crippen LogP contribution in [0.15, 0.2) is 0 Å². The summed E-state index contributed by atoms with van der Waals surface area (Å²) >= 11 is 0. The fraction of sp³-hybridized carbons (Fsp3) is 1.00. The van der Waals surface area contributed by atoms with Crippen molar-refractivity contribution >= 4 is 0 Å². The first-order valence-corrected chi connectivity index (χ1v) is 8.25. The third-order valence-corrected chi connectivity index (χ3v) is 4.96. The van der Waals surface area contributed by atoms with Gasteiger partial charge in [0.25, 0.3) is 0 Å². The van der Waals surface area contributed by atoms with Gasteiger partial charge in [-0.2, -0.15) is 0 Å². The maximum absolute atomic E-state index is 3.69. The topological polar surface area (TPSA) is 15.3 Å². The van der Waals surface area contributed by atoms with Crippen LogP contribution in [-0.2, 0) is 0 Å². The molecule has 0 aromatic carbocycles. The maximum atomic E-state index is 3.69. The molecule has 2 nitrogen and oxygen atoms in total. The van der Waals surface area contributed by atoms with E-state index in [0.717, 1.165) is 11.8 Å². The number of hydrogen-bond acceptors (Lipinski definition) is 2. The molecular weight excluding hydrogens is 220 g/mol. The number of likely N-dealkylation sites (tertiary alicyclic amines) is 1. The molecule has 106 valence electrons. The lowest BCUT2D eigenvalue weighted by Crippen LogP contribution is -2.45. The largest absolute Gasteiger partial charge is 0.314 e. The second-order valence-electron chi connectivity index (χ2n) is 6.56. The molecule has 2 unspecified atom stereocenters. The van der Waals surface area contributed by atoms with Crippen molar-refractivity contribution in [2.45, 2.75) is 64.8 Å². The molecule has 0 spiro atoms. The minimum absolute atomic E-state index is 0.705. The number of nitrogens with zero attached hydrogens (tertiary/aromatic N) is 1. The molecule has 1 saturated carbocycles. The van der Waals surface area contributed by atoms with Gasteiger partial charge in [-0.05, 0) is 64.0 Å². The molecule has 1 aliphatic heterocycles. The molecule has 0 amide bonds. The molecule has 18 heavy (non-hydrogen) atoms. The van der Waals surface area contributed by atoms with Gasteiger partial charge in [-0.3, -0.25) is 0 Å². The van der Waals surface area contributed by atoms with Crippen molar-refractivity contribution in [2.75, 3.05) is 26.2 Å². The second kappa shape index (κ2) is 7.49. The van der Waals surface area contributed by atoms with Crippen LogP contribution in [0.3, 0.4) is 0 Å². The van der Waals surface area contributed by atoms with Crippen molar-refractivity contribution in [2.24, 2.45) is 11.8 Å². The molecule has 1 aliphatic carbocycles. The second-order valence-corrected chi connectivity index (χ2v) is 6.56. The van der Waals surface area contributed by atoms with Crippen LogP contribution in [0.1, 0.15) is 58.8 Å². The molecule has 1 N–H and O–H groups in total. The SMILES string of the molecule is CCCNC(C)C1CCCN(CC2CCCC2)C1. The van der Waals surface area contributed by atoms with Gasteiger partial charge in [0.05, 0.1) is 0 Å². The molecule has 0 bridgehead atoms. The Morgan fingerprint density at radius 2 is 1.94 bits per heavy atom. The predicted molar refractivity (Wildman–Crippen MR) is 78.9 cm³/mol. The predicted octanol–water partition coefficient (Wildman–Crippen LogP) is 3.28. The van der Waals surface area contributed by atoms with Gasteiger partial charge in [0.15, 0.2) is 0 Å². The van der Waals surface area contributed by atoms with Crippen LogP contribution in [0.25, 0.3) is 0 Å². The number of rotatable bonds is 6. The maximum Gasteiger partial charge on any atom is 0.00792 e. The zero-order valence-corrected chi connectivity index (χ0v) is 12.5. The van der Waals surface area contributed by atoms with E-state index in [4.69, 9.17) is 0 Å². The van der Waals surface area contributed by atoms with Crippen molar-refractivity contribution in [3.05, 3.63) is 0 Å². The summed E-state index contributed by atoms with van der Waals surface area (Å²) in [5.41, 5.74) is 0. The summed E-state index contributed by atoms with van der Waals surface area (Å²) in [6.45, 7) is 9.91. The van der Waals surface area contributed by atoms with Crippen LogP contribution in [0.2, 0.25) is 0 Å². The van der Waals surface area contributed by atoms with Gasteiger partial charge < -0.3 is 10.2 Å². The molecule has 1 saturated heterocycles. The lowest BCUT2D eigenvalue weighted by Gasteiger charge is -2.37. The van der Waals surface area contributed by atoms with Crippen LogP contribution in [0, 0.1) is 11.8 Å². The molecule has 2 aliphatic rings. The summed E-state index contributed by atoms with van der Waals surface area (Å²) in [5.74, 6) is 1.90. The van der Waals surface area contributed by atoms with Crippen molar-refractivity contribution in [3.63, 3.8) is 0 Å². The average molecular weight is 252 g/mol. The van der Waals surface area contributed by atoms with E-state index in [-0.39, 0.29) is 0 Å². The highest BCUT2D eigenvalue weighted by Gasteiger charge is 2.26. The summed E-state index contributed by atoms with van der Waals surface area (Å²) in [7, 11) is 0. The number of piperidine rings is 1. The summed E-state index contributed by atoms with van der Waals surface area (Å²) in [6, 6.07) is 0.705. The smallest absolute Gasteiger partial charge is 0.00792 e. The highest BCUT2D eigenvalue weighted by molar-refractivity contribution is 4.82. The van der Waals surface area contributed by atoms with E-state index in [1.54, 1.807) is 0 Å². The molecular formula is C16H32N2. The van der Waals surface area contributed by atoms with E-state index in [0.29, 0.717) is 6.04 Å². The highest BCUT2D eigenvalue weighted by atomic mass is 15.1. The van der Waals surface area contributed by atoms with E-state index in [2.05, 4.69) is 24.1 Å². The monoisotopic (exact) mass is 252 g/mol. The van der Waals surface area contributed by atoms with Crippen molar-refractivity contribution in [1.29, 1.82) is 0 Å². The molecule has 1 heterocycles. The molecule has 0 aromatic heterocycles. The van der Waals surface area contributed by atoms with E-state index < -0.39 is 0 Å². The van der Waals surface area contributed by atoms with Gasteiger partial charge in [0.2, 0.25) is 0 Å². The van der Waals surface area contributed by atoms with Crippen molar-refractivity contribution in [3.8, 4) is 0 Å². The van der Waals surface area contributed by atoms with Crippen molar-refractivity contribution < 1.29 is 0 Å². The van der Waals surface area contributed by atoms with Crippen LogP contribution in [0.4, 0.5) is 0 Å². The van der Waals surface area contributed by atoms with Gasteiger partial charge >= 0.3 is 0 Å². The summed E-state index contributed by atoms with van der Waals surface area (Å²) < 4.78 is 0. The first-order valence-electron chi connectivity index (χ1n) is 8.25. The van der Waals surface area contributed by atoms with Crippen LogP contribution >= 0.6 is 0 Å². The number of hydrogen-bond donors (Lipinski definition) is 1. The Morgan fingerprint density at radius 3 is 2.67 bits per heavy atom. The van der Waals surface area contributed by atoms with Crippen LogP contribution in [-0.4, -0.2) is 37.1 Å². The van der Waals surface area contributed by atoms with Gasteiger partial charge in [0.1, 0.15) is 0 Å². The Bertz CT molecular complexity index is 223. The molecule has 0 radical (unpaired) electrons. The Balaban J connectivity index is 1.73. The first-order chi connectivity index (χ1) is 8.79. The van der Waals surface area contributed by atoms with Gasteiger partial charge in [-0.25, -0.2) is 0 Å². The van der Waals surface area contributed by atoms with Gasteiger partial charge in [0, 0.05) is 19.1 Å². The Morgan fingerprint density at radius 1 is 1.17 bits per heavy atom. The third-order valence-electron chi connectivity index (χ3n) is 4.96. The number of nitrogens with one attached hydrogen (secondary N) is 1. The van der Waals surface area contributed by atoms with E-state index in [9.17, 15) is 0 Å². The molecule has 0 aromatic rings.